The molecule has 0 saturated heterocycles. The summed E-state index contributed by atoms with van der Waals surface area (Å²) in [5.74, 6) is 0. The average molecular weight is 407 g/mol. The van der Waals surface area contributed by atoms with Gasteiger partial charge in [-0.2, -0.15) is 0 Å². The first-order chi connectivity index (χ1) is 12.9. The standard InChI is InChI=1S/C22H14S4/c1-2-8-15(9-3-1)16(22-25-19-12-6-7-13-20(19)26-22)14-21-23-17-10-4-5-11-18(17)24-21/h1-14H. The zero-order valence-electron chi connectivity index (χ0n) is 13.7. The van der Waals surface area contributed by atoms with E-state index in [1.807, 2.05) is 47.0 Å². The fourth-order valence-electron chi connectivity index (χ4n) is 2.86. The highest BCUT2D eigenvalue weighted by atomic mass is 32.2. The maximum Gasteiger partial charge on any atom is 0.0578 e. The third kappa shape index (κ3) is 3.27. The van der Waals surface area contributed by atoms with Gasteiger partial charge in [0.05, 0.1) is 8.47 Å². The second-order valence-corrected chi connectivity index (χ2v) is 10.6. The van der Waals surface area contributed by atoms with Crippen molar-refractivity contribution in [1.82, 2.24) is 0 Å². The summed E-state index contributed by atoms with van der Waals surface area (Å²) in [6, 6.07) is 28.1. The second-order valence-electron chi connectivity index (χ2n) is 5.83. The summed E-state index contributed by atoms with van der Waals surface area (Å²) < 4.78 is 2.71. The first-order valence-corrected chi connectivity index (χ1v) is 11.5. The molecule has 26 heavy (non-hydrogen) atoms. The van der Waals surface area contributed by atoms with E-state index in [9.17, 15) is 0 Å². The van der Waals surface area contributed by atoms with Gasteiger partial charge in [0.15, 0.2) is 0 Å². The summed E-state index contributed by atoms with van der Waals surface area (Å²) in [6.07, 6.45) is 2.37. The predicted octanol–water partition coefficient (Wildman–Crippen LogP) is 7.99. The van der Waals surface area contributed by atoms with E-state index in [4.69, 9.17) is 0 Å². The Labute approximate surface area is 170 Å². The molecule has 0 atom stereocenters. The zero-order chi connectivity index (χ0) is 17.3. The van der Waals surface area contributed by atoms with Gasteiger partial charge in [0, 0.05) is 25.2 Å². The van der Waals surface area contributed by atoms with E-state index in [0.29, 0.717) is 0 Å². The Morgan fingerprint density at radius 1 is 0.538 bits per heavy atom. The molecule has 2 aliphatic rings. The van der Waals surface area contributed by atoms with Gasteiger partial charge < -0.3 is 0 Å². The van der Waals surface area contributed by atoms with Crippen molar-refractivity contribution >= 4 is 52.6 Å². The molecule has 3 aromatic rings. The lowest BCUT2D eigenvalue weighted by atomic mass is 10.1. The number of hydrogen-bond acceptors (Lipinski definition) is 4. The summed E-state index contributed by atoms with van der Waals surface area (Å²) in [6.45, 7) is 0. The van der Waals surface area contributed by atoms with Gasteiger partial charge in [0.2, 0.25) is 0 Å². The van der Waals surface area contributed by atoms with Crippen molar-refractivity contribution in [2.24, 2.45) is 0 Å². The lowest BCUT2D eigenvalue weighted by Crippen LogP contribution is -1.83. The summed E-state index contributed by atoms with van der Waals surface area (Å²) in [7, 11) is 0. The van der Waals surface area contributed by atoms with Crippen molar-refractivity contribution in [2.45, 2.75) is 19.6 Å². The molecule has 0 unspecified atom stereocenters. The van der Waals surface area contributed by atoms with Crippen molar-refractivity contribution in [3.8, 4) is 0 Å². The molecule has 3 aromatic carbocycles. The van der Waals surface area contributed by atoms with Crippen LogP contribution in [0, 0.1) is 0 Å². The molecule has 2 heterocycles. The molecular formula is C22H14S4. The van der Waals surface area contributed by atoms with Crippen molar-refractivity contribution < 1.29 is 0 Å². The molecule has 0 fully saturated rings. The fraction of sp³-hybridized carbons (Fsp3) is 0. The van der Waals surface area contributed by atoms with Gasteiger partial charge in [0.25, 0.3) is 0 Å². The van der Waals surface area contributed by atoms with Gasteiger partial charge >= 0.3 is 0 Å². The molecule has 0 saturated carbocycles. The van der Waals surface area contributed by atoms with E-state index in [1.54, 1.807) is 0 Å². The number of hydrogen-bond donors (Lipinski definition) is 0. The molecule has 0 N–H and O–H groups in total. The third-order valence-electron chi connectivity index (χ3n) is 4.09. The summed E-state index contributed by atoms with van der Waals surface area (Å²) >= 11 is 7.52. The highest BCUT2D eigenvalue weighted by Gasteiger charge is 2.23. The number of rotatable bonds is 2. The molecule has 0 spiro atoms. The molecule has 2 aliphatic heterocycles. The van der Waals surface area contributed by atoms with E-state index in [0.717, 1.165) is 0 Å². The average Bonchev–Trinajstić information content (AvgIpc) is 3.30. The zero-order valence-corrected chi connectivity index (χ0v) is 17.0. The van der Waals surface area contributed by atoms with E-state index in [2.05, 4.69) is 84.9 Å². The Balaban J connectivity index is 1.57. The van der Waals surface area contributed by atoms with Gasteiger partial charge in [-0.05, 0) is 35.9 Å². The first kappa shape index (κ1) is 16.7. The summed E-state index contributed by atoms with van der Waals surface area (Å²) in [5.41, 5.74) is 2.60. The minimum absolute atomic E-state index is 1.28. The number of benzene rings is 3. The van der Waals surface area contributed by atoms with Crippen LogP contribution in [0.3, 0.4) is 0 Å². The van der Waals surface area contributed by atoms with Crippen LogP contribution >= 0.6 is 47.0 Å². The van der Waals surface area contributed by atoms with Gasteiger partial charge in [0.1, 0.15) is 0 Å². The van der Waals surface area contributed by atoms with Gasteiger partial charge in [-0.3, -0.25) is 0 Å². The molecule has 126 valence electrons. The van der Waals surface area contributed by atoms with Crippen LogP contribution in [0.5, 0.6) is 0 Å². The van der Waals surface area contributed by atoms with Crippen LogP contribution in [-0.2, 0) is 0 Å². The van der Waals surface area contributed by atoms with Crippen LogP contribution in [0.4, 0.5) is 0 Å². The highest BCUT2D eigenvalue weighted by Crippen LogP contribution is 2.56. The Morgan fingerprint density at radius 3 is 1.54 bits per heavy atom. The van der Waals surface area contributed by atoms with Crippen LogP contribution in [-0.4, -0.2) is 0 Å². The van der Waals surface area contributed by atoms with E-state index < -0.39 is 0 Å². The topological polar surface area (TPSA) is 0 Å². The van der Waals surface area contributed by atoms with Gasteiger partial charge in [-0.15, -0.1) is 0 Å². The molecule has 0 amide bonds. The maximum atomic E-state index is 2.37. The van der Waals surface area contributed by atoms with Crippen LogP contribution < -0.4 is 0 Å². The van der Waals surface area contributed by atoms with Crippen molar-refractivity contribution in [2.75, 3.05) is 0 Å². The Bertz CT molecular complexity index is 981. The molecule has 0 radical (unpaired) electrons. The fourth-order valence-corrected chi connectivity index (χ4v) is 7.79. The van der Waals surface area contributed by atoms with E-state index >= 15 is 0 Å². The van der Waals surface area contributed by atoms with Gasteiger partial charge in [-0.1, -0.05) is 102 Å². The van der Waals surface area contributed by atoms with Gasteiger partial charge in [-0.25, -0.2) is 0 Å². The summed E-state index contributed by atoms with van der Waals surface area (Å²) in [5, 5.41) is 0. The van der Waals surface area contributed by atoms with E-state index in [1.165, 1.54) is 39.2 Å². The van der Waals surface area contributed by atoms with Crippen LogP contribution in [0.15, 0.2) is 113 Å². The van der Waals surface area contributed by atoms with Crippen LogP contribution in [0.2, 0.25) is 0 Å². The molecule has 0 bridgehead atoms. The molecular weight excluding hydrogens is 393 g/mol. The van der Waals surface area contributed by atoms with Crippen molar-refractivity contribution in [3.05, 3.63) is 99.0 Å². The Morgan fingerprint density at radius 2 is 1.00 bits per heavy atom. The molecule has 0 nitrogen and oxygen atoms in total. The van der Waals surface area contributed by atoms with Crippen molar-refractivity contribution in [3.63, 3.8) is 0 Å². The molecule has 5 rings (SSSR count). The first-order valence-electron chi connectivity index (χ1n) is 8.28. The highest BCUT2D eigenvalue weighted by molar-refractivity contribution is 8.25. The monoisotopic (exact) mass is 406 g/mol. The second kappa shape index (κ2) is 7.28. The minimum atomic E-state index is 1.28. The minimum Gasteiger partial charge on any atom is -0.0815 e. The largest absolute Gasteiger partial charge is 0.0815 e. The lowest BCUT2D eigenvalue weighted by Gasteiger charge is -2.08. The summed E-state index contributed by atoms with van der Waals surface area (Å²) in [4.78, 5) is 5.43. The van der Waals surface area contributed by atoms with Crippen LogP contribution in [0.1, 0.15) is 5.56 Å². The SMILES string of the molecule is C(=C1Sc2ccccc2S1)C(=C1Sc2ccccc2S1)c1ccccc1. The van der Waals surface area contributed by atoms with Crippen molar-refractivity contribution in [1.29, 1.82) is 0 Å². The normalized spacial score (nSPS) is 14.9. The van der Waals surface area contributed by atoms with E-state index in [-0.39, 0.29) is 0 Å². The molecule has 0 aromatic heterocycles. The smallest absolute Gasteiger partial charge is 0.0578 e. The lowest BCUT2D eigenvalue weighted by molar-refractivity contribution is 1.27. The maximum absolute atomic E-state index is 2.37. The molecule has 4 heteroatoms. The predicted molar refractivity (Wildman–Crippen MR) is 118 cm³/mol. The Kier molecular flexibility index (Phi) is 4.67. The number of fused-ring (bicyclic) bond motifs is 2. The molecule has 0 aliphatic carbocycles. The van der Waals surface area contributed by atoms with Crippen LogP contribution in [0.25, 0.3) is 5.57 Å². The number of thioether (sulfide) groups is 4. The quantitative estimate of drug-likeness (QED) is 0.422. The Hall–Kier alpha value is -1.46. The number of allylic oxidation sites excluding steroid dienone is 2. The third-order valence-corrected chi connectivity index (χ3v) is 9.10.